The van der Waals surface area contributed by atoms with E-state index in [1.54, 1.807) is 23.7 Å². The average Bonchev–Trinajstić information content (AvgIpc) is 3.37. The number of rotatable bonds is 9. The number of aromatic amines is 1. The average molecular weight is 496 g/mol. The number of carbonyl (C=O) groups excluding carboxylic acids is 2. The van der Waals surface area contributed by atoms with Gasteiger partial charge in [0.25, 0.3) is 5.91 Å². The molecular formula is C25H33N7O2S. The van der Waals surface area contributed by atoms with E-state index in [1.807, 2.05) is 36.5 Å². The zero-order chi connectivity index (χ0) is 25.0. The number of hydrogen-bond acceptors (Lipinski definition) is 7. The van der Waals surface area contributed by atoms with Crippen molar-refractivity contribution in [1.29, 1.82) is 0 Å². The summed E-state index contributed by atoms with van der Waals surface area (Å²) in [6.07, 6.45) is 8.27. The van der Waals surface area contributed by atoms with Gasteiger partial charge in [0.1, 0.15) is 11.6 Å². The van der Waals surface area contributed by atoms with E-state index in [0.29, 0.717) is 12.2 Å². The highest BCUT2D eigenvalue weighted by atomic mass is 32.2. The summed E-state index contributed by atoms with van der Waals surface area (Å²) >= 11 is 1.76. The molecule has 0 radical (unpaired) electrons. The van der Waals surface area contributed by atoms with Gasteiger partial charge in [-0.2, -0.15) is 0 Å². The van der Waals surface area contributed by atoms with Gasteiger partial charge < -0.3 is 15.5 Å². The Hall–Kier alpha value is -3.40. The molecule has 0 atom stereocenters. The van der Waals surface area contributed by atoms with Crippen LogP contribution in [0.3, 0.4) is 0 Å². The van der Waals surface area contributed by atoms with Crippen molar-refractivity contribution in [1.82, 2.24) is 20.2 Å². The van der Waals surface area contributed by atoms with Gasteiger partial charge in [-0.3, -0.25) is 14.7 Å². The van der Waals surface area contributed by atoms with Crippen molar-refractivity contribution in [3.05, 3.63) is 59.8 Å². The lowest BCUT2D eigenvalue weighted by Crippen LogP contribution is -2.30. The number of nitrogens with one attached hydrogen (secondary N) is 1. The van der Waals surface area contributed by atoms with E-state index in [4.69, 9.17) is 5.73 Å². The number of benzene rings is 1. The van der Waals surface area contributed by atoms with Crippen LogP contribution in [0.15, 0.2) is 47.5 Å². The predicted molar refractivity (Wildman–Crippen MR) is 140 cm³/mol. The van der Waals surface area contributed by atoms with Crippen molar-refractivity contribution in [2.45, 2.75) is 43.9 Å². The molecule has 0 bridgehead atoms. The zero-order valence-electron chi connectivity index (χ0n) is 20.3. The SMILES string of the molecule is CCCSc1cnc(N2CCCCC2)cc1N(C)C=O.NC(=O)c1n[nH]c(Cc2ccccc2)n1. The van der Waals surface area contributed by atoms with Crippen molar-refractivity contribution >= 4 is 35.6 Å². The van der Waals surface area contributed by atoms with Crippen LogP contribution in [0.1, 0.15) is 54.6 Å². The maximum atomic E-state index is 11.1. The van der Waals surface area contributed by atoms with E-state index in [9.17, 15) is 9.59 Å². The van der Waals surface area contributed by atoms with E-state index >= 15 is 0 Å². The highest BCUT2D eigenvalue weighted by molar-refractivity contribution is 7.99. The molecule has 35 heavy (non-hydrogen) atoms. The quantitative estimate of drug-likeness (QED) is 0.343. The van der Waals surface area contributed by atoms with Crippen LogP contribution in [0, 0.1) is 0 Å². The van der Waals surface area contributed by atoms with Crippen LogP contribution in [-0.2, 0) is 11.2 Å². The number of piperidine rings is 1. The minimum absolute atomic E-state index is 0.0286. The second-order valence-corrected chi connectivity index (χ2v) is 9.39. The summed E-state index contributed by atoms with van der Waals surface area (Å²) in [7, 11) is 1.80. The van der Waals surface area contributed by atoms with Crippen LogP contribution < -0.4 is 15.5 Å². The molecule has 1 aliphatic rings. The summed E-state index contributed by atoms with van der Waals surface area (Å²) < 4.78 is 0. The molecule has 0 spiro atoms. The number of hydrogen-bond donors (Lipinski definition) is 2. The molecule has 3 aromatic rings. The summed E-state index contributed by atoms with van der Waals surface area (Å²) in [6.45, 7) is 4.29. The van der Waals surface area contributed by atoms with E-state index < -0.39 is 5.91 Å². The summed E-state index contributed by atoms with van der Waals surface area (Å²) in [5.41, 5.74) is 7.10. The molecule has 0 saturated carbocycles. The molecule has 1 fully saturated rings. The number of nitrogens with zero attached hydrogens (tertiary/aromatic N) is 5. The first kappa shape index (κ1) is 26.2. The Kier molecular flexibility index (Phi) is 10.1. The van der Waals surface area contributed by atoms with Crippen LogP contribution in [-0.4, -0.2) is 58.4 Å². The second-order valence-electron chi connectivity index (χ2n) is 8.26. The number of H-pyrrole nitrogens is 1. The Morgan fingerprint density at radius 3 is 2.60 bits per heavy atom. The highest BCUT2D eigenvalue weighted by Crippen LogP contribution is 2.32. The number of amides is 2. The van der Waals surface area contributed by atoms with Gasteiger partial charge >= 0.3 is 0 Å². The molecule has 0 unspecified atom stereocenters. The Bertz CT molecular complexity index is 1080. The van der Waals surface area contributed by atoms with Gasteiger partial charge in [0, 0.05) is 43.7 Å². The fraction of sp³-hybridized carbons (Fsp3) is 0.400. The Morgan fingerprint density at radius 1 is 1.23 bits per heavy atom. The number of carbonyl (C=O) groups is 2. The zero-order valence-corrected chi connectivity index (χ0v) is 21.1. The fourth-order valence-corrected chi connectivity index (χ4v) is 4.55. The maximum Gasteiger partial charge on any atom is 0.288 e. The minimum atomic E-state index is -0.620. The van der Waals surface area contributed by atoms with E-state index in [1.165, 1.54) is 19.3 Å². The molecule has 1 saturated heterocycles. The van der Waals surface area contributed by atoms with Crippen molar-refractivity contribution in [2.75, 3.05) is 35.7 Å². The van der Waals surface area contributed by atoms with Gasteiger partial charge in [-0.1, -0.05) is 37.3 Å². The van der Waals surface area contributed by atoms with Crippen LogP contribution in [0.2, 0.25) is 0 Å². The van der Waals surface area contributed by atoms with Gasteiger partial charge in [-0.05, 0) is 37.0 Å². The third-order valence-corrected chi connectivity index (χ3v) is 6.72. The largest absolute Gasteiger partial charge is 0.363 e. The van der Waals surface area contributed by atoms with Crippen molar-refractivity contribution in [3.8, 4) is 0 Å². The molecule has 1 aromatic carbocycles. The predicted octanol–water partition coefficient (Wildman–Crippen LogP) is 3.66. The van der Waals surface area contributed by atoms with Crippen LogP contribution in [0.25, 0.3) is 0 Å². The van der Waals surface area contributed by atoms with E-state index in [0.717, 1.165) is 53.6 Å². The van der Waals surface area contributed by atoms with Crippen molar-refractivity contribution < 1.29 is 9.59 Å². The first-order valence-corrected chi connectivity index (χ1v) is 12.8. The van der Waals surface area contributed by atoms with Gasteiger partial charge in [0.2, 0.25) is 12.2 Å². The number of primary amides is 1. The molecule has 2 amide bonds. The number of anilines is 2. The molecule has 0 aliphatic carbocycles. The normalized spacial score (nSPS) is 13.0. The lowest BCUT2D eigenvalue weighted by Gasteiger charge is -2.29. The third-order valence-electron chi connectivity index (χ3n) is 5.48. The topological polar surface area (TPSA) is 121 Å². The Labute approximate surface area is 210 Å². The van der Waals surface area contributed by atoms with Gasteiger partial charge in [-0.15, -0.1) is 16.9 Å². The second kappa shape index (κ2) is 13.5. The molecule has 3 heterocycles. The van der Waals surface area contributed by atoms with Crippen LogP contribution in [0.4, 0.5) is 11.5 Å². The molecule has 2 aromatic heterocycles. The third kappa shape index (κ3) is 7.81. The van der Waals surface area contributed by atoms with Gasteiger partial charge in [0.15, 0.2) is 0 Å². The standard InChI is InChI=1S/C15H23N3OS.C10H10N4O/c1-3-9-20-14-11-16-15(10-13(14)17(2)12-19)18-7-5-4-6-8-18;11-9(15)10-12-8(13-14-10)6-7-4-2-1-3-5-7/h10-12H,3-9H2,1-2H3;1-5H,6H2,(H2,11,15)(H,12,13,14). The molecule has 1 aliphatic heterocycles. The number of nitrogens with two attached hydrogens (primary N) is 1. The molecule has 10 heteroatoms. The molecular weight excluding hydrogens is 462 g/mol. The van der Waals surface area contributed by atoms with Crippen molar-refractivity contribution in [3.63, 3.8) is 0 Å². The number of pyridine rings is 1. The summed E-state index contributed by atoms with van der Waals surface area (Å²) in [6, 6.07) is 11.8. The maximum absolute atomic E-state index is 11.1. The van der Waals surface area contributed by atoms with Crippen molar-refractivity contribution in [2.24, 2.45) is 5.73 Å². The summed E-state index contributed by atoms with van der Waals surface area (Å²) in [5.74, 6) is 2.08. The monoisotopic (exact) mass is 495 g/mol. The fourth-order valence-electron chi connectivity index (χ4n) is 3.65. The lowest BCUT2D eigenvalue weighted by molar-refractivity contribution is -0.107. The lowest BCUT2D eigenvalue weighted by atomic mass is 10.1. The van der Waals surface area contributed by atoms with Gasteiger partial charge in [0.05, 0.1) is 5.69 Å². The first-order chi connectivity index (χ1) is 17.0. The number of thioether (sulfide) groups is 1. The number of aromatic nitrogens is 4. The molecule has 9 nitrogen and oxygen atoms in total. The first-order valence-electron chi connectivity index (χ1n) is 11.8. The summed E-state index contributed by atoms with van der Waals surface area (Å²) in [5, 5.41) is 6.37. The van der Waals surface area contributed by atoms with Crippen LogP contribution >= 0.6 is 11.8 Å². The van der Waals surface area contributed by atoms with E-state index in [-0.39, 0.29) is 5.82 Å². The summed E-state index contributed by atoms with van der Waals surface area (Å²) in [4.78, 5) is 35.5. The molecule has 186 valence electrons. The molecule has 4 rings (SSSR count). The Balaban J connectivity index is 0.000000203. The van der Waals surface area contributed by atoms with E-state index in [2.05, 4.69) is 38.1 Å². The highest BCUT2D eigenvalue weighted by Gasteiger charge is 2.16. The molecule has 3 N–H and O–H groups in total. The minimum Gasteiger partial charge on any atom is -0.363 e. The smallest absolute Gasteiger partial charge is 0.288 e. The van der Waals surface area contributed by atoms with Crippen LogP contribution in [0.5, 0.6) is 0 Å². The van der Waals surface area contributed by atoms with Gasteiger partial charge in [-0.25, -0.2) is 9.97 Å². The Morgan fingerprint density at radius 2 is 1.97 bits per heavy atom.